The van der Waals surface area contributed by atoms with Crippen LogP contribution in [0.4, 0.5) is 0 Å². The van der Waals surface area contributed by atoms with Crippen molar-refractivity contribution in [2.45, 2.75) is 79.4 Å². The lowest BCUT2D eigenvalue weighted by Gasteiger charge is -2.49. The lowest BCUT2D eigenvalue weighted by atomic mass is 9.60. The van der Waals surface area contributed by atoms with E-state index in [0.717, 1.165) is 11.1 Å². The van der Waals surface area contributed by atoms with Gasteiger partial charge in [0.2, 0.25) is 0 Å². The minimum Gasteiger partial charge on any atom is -0.392 e. The summed E-state index contributed by atoms with van der Waals surface area (Å²) in [7, 11) is 0. The number of aliphatic hydroxyl groups is 2. The quantitative estimate of drug-likeness (QED) is 0.818. The minimum atomic E-state index is -0.554. The zero-order chi connectivity index (χ0) is 19.5. The van der Waals surface area contributed by atoms with Gasteiger partial charge in [-0.15, -0.1) is 0 Å². The zero-order valence-electron chi connectivity index (χ0n) is 17.4. The van der Waals surface area contributed by atoms with Crippen LogP contribution in [-0.4, -0.2) is 22.4 Å². The Labute approximate surface area is 157 Å². The predicted molar refractivity (Wildman–Crippen MR) is 108 cm³/mol. The van der Waals surface area contributed by atoms with E-state index in [1.807, 2.05) is 0 Å². The van der Waals surface area contributed by atoms with Crippen LogP contribution in [0.2, 0.25) is 0 Å². The van der Waals surface area contributed by atoms with Gasteiger partial charge in [0.15, 0.2) is 0 Å². The SMILES string of the molecule is Cc1cc(C)c(C)c(C2C(O)C(c3c(C)c(C)cc(C)c3C)C2O)c1C. The third kappa shape index (κ3) is 2.62. The largest absolute Gasteiger partial charge is 0.392 e. The average molecular weight is 353 g/mol. The van der Waals surface area contributed by atoms with Gasteiger partial charge < -0.3 is 10.2 Å². The van der Waals surface area contributed by atoms with Gasteiger partial charge in [0.25, 0.3) is 0 Å². The van der Waals surface area contributed by atoms with E-state index in [2.05, 4.69) is 67.5 Å². The Hall–Kier alpha value is -1.64. The smallest absolute Gasteiger partial charge is 0.0727 e. The summed E-state index contributed by atoms with van der Waals surface area (Å²) < 4.78 is 0. The van der Waals surface area contributed by atoms with Gasteiger partial charge in [-0.2, -0.15) is 0 Å². The van der Waals surface area contributed by atoms with Crippen LogP contribution in [0, 0.1) is 55.4 Å². The van der Waals surface area contributed by atoms with Crippen LogP contribution >= 0.6 is 0 Å². The maximum absolute atomic E-state index is 11.1. The minimum absolute atomic E-state index is 0.210. The van der Waals surface area contributed by atoms with Crippen LogP contribution < -0.4 is 0 Å². The first-order valence-electron chi connectivity index (χ1n) is 9.58. The van der Waals surface area contributed by atoms with Crippen LogP contribution in [-0.2, 0) is 0 Å². The number of rotatable bonds is 2. The topological polar surface area (TPSA) is 40.5 Å². The van der Waals surface area contributed by atoms with Gasteiger partial charge >= 0.3 is 0 Å². The third-order valence-electron chi connectivity index (χ3n) is 6.99. The molecule has 0 bridgehead atoms. The number of aryl methyl sites for hydroxylation is 4. The fourth-order valence-corrected chi connectivity index (χ4v) is 4.88. The van der Waals surface area contributed by atoms with E-state index in [9.17, 15) is 10.2 Å². The third-order valence-corrected chi connectivity index (χ3v) is 6.99. The molecule has 1 fully saturated rings. The molecule has 0 amide bonds. The summed E-state index contributed by atoms with van der Waals surface area (Å²) in [5, 5.41) is 22.3. The molecule has 0 heterocycles. The molecule has 2 N–H and O–H groups in total. The van der Waals surface area contributed by atoms with E-state index in [0.29, 0.717) is 0 Å². The van der Waals surface area contributed by atoms with Gasteiger partial charge in [0.05, 0.1) is 12.2 Å². The summed E-state index contributed by atoms with van der Waals surface area (Å²) in [4.78, 5) is 0. The average Bonchev–Trinajstić information content (AvgIpc) is 2.58. The number of benzene rings is 2. The molecule has 0 radical (unpaired) electrons. The molecule has 0 aliphatic heterocycles. The van der Waals surface area contributed by atoms with Crippen molar-refractivity contribution in [2.24, 2.45) is 0 Å². The van der Waals surface area contributed by atoms with Crippen molar-refractivity contribution in [3.8, 4) is 0 Å². The number of aliphatic hydroxyl groups excluding tert-OH is 2. The highest BCUT2D eigenvalue weighted by molar-refractivity contribution is 5.53. The maximum Gasteiger partial charge on any atom is 0.0727 e. The summed E-state index contributed by atoms with van der Waals surface area (Å²) in [6.07, 6.45) is -1.11. The highest BCUT2D eigenvalue weighted by Crippen LogP contribution is 2.52. The summed E-state index contributed by atoms with van der Waals surface area (Å²) in [5.74, 6) is -0.420. The van der Waals surface area contributed by atoms with E-state index >= 15 is 0 Å². The monoisotopic (exact) mass is 352 g/mol. The van der Waals surface area contributed by atoms with Crippen molar-refractivity contribution in [2.75, 3.05) is 0 Å². The highest BCUT2D eigenvalue weighted by Gasteiger charge is 2.52. The molecule has 2 nitrogen and oxygen atoms in total. The fraction of sp³-hybridized carbons (Fsp3) is 0.500. The first-order chi connectivity index (χ1) is 12.1. The van der Waals surface area contributed by atoms with Gasteiger partial charge in [-0.25, -0.2) is 0 Å². The lowest BCUT2D eigenvalue weighted by molar-refractivity contribution is -0.0794. The summed E-state index contributed by atoms with van der Waals surface area (Å²) >= 11 is 0. The van der Waals surface area contributed by atoms with Crippen LogP contribution in [0.3, 0.4) is 0 Å². The Morgan fingerprint density at radius 1 is 0.500 bits per heavy atom. The molecule has 140 valence electrons. The molecule has 3 rings (SSSR count). The molecule has 2 aromatic carbocycles. The lowest BCUT2D eigenvalue weighted by Crippen LogP contribution is -2.52. The standard InChI is InChI=1S/C24H32O2/c1-11-9-12(2)16(6)19(15(11)5)21-23(25)22(24(21)26)20-17(7)13(3)10-14(4)18(20)8/h9-10,21-26H,1-8H3. The second-order valence-corrected chi connectivity index (χ2v) is 8.38. The van der Waals surface area contributed by atoms with E-state index in [4.69, 9.17) is 0 Å². The zero-order valence-corrected chi connectivity index (χ0v) is 17.4. The molecule has 0 unspecified atom stereocenters. The Kier molecular flexibility index (Phi) is 4.79. The Morgan fingerprint density at radius 2 is 0.731 bits per heavy atom. The van der Waals surface area contributed by atoms with Crippen LogP contribution in [0.1, 0.15) is 67.5 Å². The van der Waals surface area contributed by atoms with E-state index < -0.39 is 12.2 Å². The maximum atomic E-state index is 11.1. The fourth-order valence-electron chi connectivity index (χ4n) is 4.88. The van der Waals surface area contributed by atoms with Gasteiger partial charge in [-0.3, -0.25) is 0 Å². The molecule has 0 aromatic heterocycles. The molecule has 1 aliphatic carbocycles. The number of hydrogen-bond donors (Lipinski definition) is 2. The molecule has 0 spiro atoms. The Morgan fingerprint density at radius 3 is 0.962 bits per heavy atom. The van der Waals surface area contributed by atoms with Crippen molar-refractivity contribution >= 4 is 0 Å². The van der Waals surface area contributed by atoms with Crippen molar-refractivity contribution in [1.82, 2.24) is 0 Å². The van der Waals surface area contributed by atoms with Gasteiger partial charge in [0, 0.05) is 11.8 Å². The molecule has 0 saturated heterocycles. The van der Waals surface area contributed by atoms with Crippen molar-refractivity contribution < 1.29 is 10.2 Å². The van der Waals surface area contributed by atoms with E-state index in [-0.39, 0.29) is 11.8 Å². The summed E-state index contributed by atoms with van der Waals surface area (Å²) in [6.45, 7) is 16.9. The molecule has 26 heavy (non-hydrogen) atoms. The van der Waals surface area contributed by atoms with Crippen LogP contribution in [0.25, 0.3) is 0 Å². The molecule has 1 saturated carbocycles. The normalized spacial score (nSPS) is 25.3. The van der Waals surface area contributed by atoms with E-state index in [1.54, 1.807) is 0 Å². The Balaban J connectivity index is 2.09. The van der Waals surface area contributed by atoms with E-state index in [1.165, 1.54) is 44.5 Å². The molecular formula is C24H32O2. The second-order valence-electron chi connectivity index (χ2n) is 8.38. The van der Waals surface area contributed by atoms with Gasteiger partial charge in [-0.05, 0) is 111 Å². The molecular weight excluding hydrogens is 320 g/mol. The first kappa shape index (κ1) is 19.1. The second kappa shape index (κ2) is 6.51. The van der Waals surface area contributed by atoms with Crippen LogP contribution in [0.15, 0.2) is 12.1 Å². The summed E-state index contributed by atoms with van der Waals surface area (Å²) in [5.41, 5.74) is 12.0. The molecule has 1 aliphatic rings. The van der Waals surface area contributed by atoms with Gasteiger partial charge in [0.1, 0.15) is 0 Å². The number of hydrogen-bond acceptors (Lipinski definition) is 2. The summed E-state index contributed by atoms with van der Waals surface area (Å²) in [6, 6.07) is 4.39. The molecule has 0 atom stereocenters. The predicted octanol–water partition coefficient (Wildman–Crippen LogP) is 4.76. The van der Waals surface area contributed by atoms with Gasteiger partial charge in [-0.1, -0.05) is 12.1 Å². The molecule has 2 heteroatoms. The van der Waals surface area contributed by atoms with Crippen molar-refractivity contribution in [1.29, 1.82) is 0 Å². The highest BCUT2D eigenvalue weighted by atomic mass is 16.3. The van der Waals surface area contributed by atoms with Crippen LogP contribution in [0.5, 0.6) is 0 Å². The molecule has 2 aromatic rings. The van der Waals surface area contributed by atoms with Crippen molar-refractivity contribution in [3.63, 3.8) is 0 Å². The first-order valence-corrected chi connectivity index (χ1v) is 9.58. The van der Waals surface area contributed by atoms with Crippen molar-refractivity contribution in [3.05, 3.63) is 67.8 Å². The Bertz CT molecular complexity index is 745.